The molecule has 0 saturated carbocycles. The van der Waals surface area contributed by atoms with Crippen molar-refractivity contribution in [3.63, 3.8) is 0 Å². The van der Waals surface area contributed by atoms with Gasteiger partial charge in [0.25, 0.3) is 5.91 Å². The first-order valence-corrected chi connectivity index (χ1v) is 10.1. The molecule has 0 fully saturated rings. The average Bonchev–Trinajstić information content (AvgIpc) is 3.29. The summed E-state index contributed by atoms with van der Waals surface area (Å²) in [5.41, 5.74) is 4.06. The molecule has 28 heavy (non-hydrogen) atoms. The first-order chi connectivity index (χ1) is 13.5. The van der Waals surface area contributed by atoms with Crippen LogP contribution in [-0.2, 0) is 49.5 Å². The van der Waals surface area contributed by atoms with Gasteiger partial charge >= 0.3 is 11.9 Å². The number of amides is 1. The Hall–Kier alpha value is -2.74. The molecular weight excluding hydrogens is 380 g/mol. The van der Waals surface area contributed by atoms with Crippen LogP contribution in [0.25, 0.3) is 0 Å². The highest BCUT2D eigenvalue weighted by Gasteiger charge is 2.15. The van der Waals surface area contributed by atoms with Crippen LogP contribution < -0.4 is 5.32 Å². The molecule has 0 aliphatic heterocycles. The number of esters is 2. The summed E-state index contributed by atoms with van der Waals surface area (Å²) in [6, 6.07) is 6.05. The Morgan fingerprint density at radius 1 is 1.11 bits per heavy atom. The lowest BCUT2D eigenvalue weighted by Gasteiger charge is -2.06. The number of ether oxygens (including phenoxy) is 2. The fraction of sp³-hybridized carbons (Fsp3) is 0.400. The van der Waals surface area contributed by atoms with Gasteiger partial charge in [0, 0.05) is 5.38 Å². The van der Waals surface area contributed by atoms with Crippen LogP contribution >= 0.6 is 11.3 Å². The number of rotatable bonds is 8. The van der Waals surface area contributed by atoms with Gasteiger partial charge in [-0.05, 0) is 42.9 Å². The lowest BCUT2D eigenvalue weighted by atomic mass is 10.0. The van der Waals surface area contributed by atoms with Crippen LogP contribution in [0.4, 0.5) is 5.13 Å². The number of hydrogen-bond donors (Lipinski definition) is 1. The van der Waals surface area contributed by atoms with Crippen molar-refractivity contribution < 1.29 is 23.9 Å². The van der Waals surface area contributed by atoms with Gasteiger partial charge in [0.05, 0.1) is 25.1 Å². The molecule has 0 radical (unpaired) electrons. The number of aromatic nitrogens is 1. The van der Waals surface area contributed by atoms with Gasteiger partial charge in [0.15, 0.2) is 11.7 Å². The zero-order chi connectivity index (χ0) is 19.9. The maximum absolute atomic E-state index is 12.0. The van der Waals surface area contributed by atoms with Crippen molar-refractivity contribution >= 4 is 34.3 Å². The van der Waals surface area contributed by atoms with Crippen LogP contribution in [-0.4, -0.2) is 36.0 Å². The van der Waals surface area contributed by atoms with E-state index in [0.29, 0.717) is 17.4 Å². The average molecular weight is 402 g/mol. The molecule has 0 unspecified atom stereocenters. The molecule has 3 rings (SSSR count). The molecule has 148 valence electrons. The predicted molar refractivity (Wildman–Crippen MR) is 104 cm³/mol. The highest BCUT2D eigenvalue weighted by Crippen LogP contribution is 2.23. The van der Waals surface area contributed by atoms with Crippen molar-refractivity contribution in [3.8, 4) is 0 Å². The van der Waals surface area contributed by atoms with Gasteiger partial charge < -0.3 is 9.47 Å². The van der Waals surface area contributed by atoms with Crippen LogP contribution in [0, 0.1) is 0 Å². The minimum atomic E-state index is -0.473. The lowest BCUT2D eigenvalue weighted by molar-refractivity contribution is -0.146. The number of aryl methyl sites for hydroxylation is 2. The number of nitrogens with zero attached hydrogens (tertiary/aromatic N) is 1. The second kappa shape index (κ2) is 9.45. The SMILES string of the molecule is CCOC(=O)Cc1csc(NC(=O)COC(=O)Cc2ccc3c(c2)CCC3)n1. The topological polar surface area (TPSA) is 94.6 Å². The zero-order valence-electron chi connectivity index (χ0n) is 15.7. The van der Waals surface area contributed by atoms with Gasteiger partial charge in [0.1, 0.15) is 0 Å². The van der Waals surface area contributed by atoms with Crippen LogP contribution in [0.15, 0.2) is 23.6 Å². The van der Waals surface area contributed by atoms with E-state index in [2.05, 4.69) is 16.4 Å². The van der Waals surface area contributed by atoms with Crippen LogP contribution in [0.3, 0.4) is 0 Å². The second-order valence-corrected chi connectivity index (χ2v) is 7.33. The van der Waals surface area contributed by atoms with Crippen molar-refractivity contribution in [1.82, 2.24) is 4.98 Å². The Kier molecular flexibility index (Phi) is 6.76. The Morgan fingerprint density at radius 3 is 2.71 bits per heavy atom. The van der Waals surface area contributed by atoms with Gasteiger partial charge in [-0.1, -0.05) is 18.2 Å². The fourth-order valence-corrected chi connectivity index (χ4v) is 3.79. The second-order valence-electron chi connectivity index (χ2n) is 6.47. The number of anilines is 1. The van der Waals surface area contributed by atoms with E-state index >= 15 is 0 Å². The van der Waals surface area contributed by atoms with E-state index in [1.54, 1.807) is 12.3 Å². The minimum absolute atomic E-state index is 0.0516. The van der Waals surface area contributed by atoms with E-state index in [9.17, 15) is 14.4 Å². The molecule has 1 N–H and O–H groups in total. The third-order valence-corrected chi connectivity index (χ3v) is 5.11. The van der Waals surface area contributed by atoms with E-state index in [1.807, 2.05) is 12.1 Å². The summed E-state index contributed by atoms with van der Waals surface area (Å²) in [5, 5.41) is 4.58. The third kappa shape index (κ3) is 5.63. The third-order valence-electron chi connectivity index (χ3n) is 4.30. The van der Waals surface area contributed by atoms with Crippen LogP contribution in [0.2, 0.25) is 0 Å². The molecule has 8 heteroatoms. The molecule has 0 atom stereocenters. The Balaban J connectivity index is 1.42. The lowest BCUT2D eigenvalue weighted by Crippen LogP contribution is -2.21. The Labute approximate surface area is 167 Å². The number of thiazole rings is 1. The van der Waals surface area contributed by atoms with Gasteiger partial charge in [-0.3, -0.25) is 19.7 Å². The first-order valence-electron chi connectivity index (χ1n) is 9.19. The maximum Gasteiger partial charge on any atom is 0.311 e. The van der Waals surface area contributed by atoms with Gasteiger partial charge in [0.2, 0.25) is 0 Å². The summed E-state index contributed by atoms with van der Waals surface area (Å²) in [5.74, 6) is -1.29. The summed E-state index contributed by atoms with van der Waals surface area (Å²) < 4.78 is 9.91. The molecule has 1 amide bonds. The Morgan fingerprint density at radius 2 is 1.89 bits per heavy atom. The molecule has 1 aromatic carbocycles. The summed E-state index contributed by atoms with van der Waals surface area (Å²) in [6.45, 7) is 1.66. The molecule has 0 saturated heterocycles. The van der Waals surface area contributed by atoms with Crippen molar-refractivity contribution in [2.24, 2.45) is 0 Å². The highest BCUT2D eigenvalue weighted by molar-refractivity contribution is 7.13. The number of carbonyl (C=O) groups is 3. The van der Waals surface area contributed by atoms with E-state index in [-0.39, 0.29) is 25.4 Å². The summed E-state index contributed by atoms with van der Waals surface area (Å²) >= 11 is 1.19. The zero-order valence-corrected chi connectivity index (χ0v) is 16.5. The van der Waals surface area contributed by atoms with Crippen molar-refractivity contribution in [2.45, 2.75) is 39.0 Å². The number of benzene rings is 1. The molecule has 0 bridgehead atoms. The predicted octanol–water partition coefficient (Wildman–Crippen LogP) is 2.46. The minimum Gasteiger partial charge on any atom is -0.466 e. The molecule has 1 aromatic heterocycles. The first kappa shape index (κ1) is 20.0. The molecule has 0 spiro atoms. The van der Waals surface area contributed by atoms with Gasteiger partial charge in [-0.2, -0.15) is 0 Å². The number of nitrogens with one attached hydrogen (secondary N) is 1. The fourth-order valence-electron chi connectivity index (χ4n) is 3.06. The van der Waals surface area contributed by atoms with E-state index in [4.69, 9.17) is 9.47 Å². The maximum atomic E-state index is 12.0. The largest absolute Gasteiger partial charge is 0.466 e. The number of carbonyl (C=O) groups excluding carboxylic acids is 3. The van der Waals surface area contributed by atoms with Crippen LogP contribution in [0.1, 0.15) is 35.7 Å². The molecule has 1 heterocycles. The monoisotopic (exact) mass is 402 g/mol. The molecule has 7 nitrogen and oxygen atoms in total. The molecule has 1 aliphatic carbocycles. The smallest absolute Gasteiger partial charge is 0.311 e. The van der Waals surface area contributed by atoms with E-state index < -0.39 is 11.9 Å². The summed E-state index contributed by atoms with van der Waals surface area (Å²) in [6.07, 6.45) is 3.49. The molecule has 1 aliphatic rings. The normalized spacial score (nSPS) is 12.3. The molecule has 2 aromatic rings. The Bertz CT molecular complexity index is 877. The highest BCUT2D eigenvalue weighted by atomic mass is 32.1. The number of fused-ring (bicyclic) bond motifs is 1. The van der Waals surface area contributed by atoms with Crippen molar-refractivity contribution in [1.29, 1.82) is 0 Å². The number of hydrogen-bond acceptors (Lipinski definition) is 7. The van der Waals surface area contributed by atoms with Gasteiger partial charge in [-0.15, -0.1) is 11.3 Å². The molecular formula is C20H22N2O5S. The van der Waals surface area contributed by atoms with Gasteiger partial charge in [-0.25, -0.2) is 4.98 Å². The summed E-state index contributed by atoms with van der Waals surface area (Å²) in [4.78, 5) is 39.5. The van der Waals surface area contributed by atoms with E-state index in [0.717, 1.165) is 24.8 Å². The van der Waals surface area contributed by atoms with Crippen molar-refractivity contribution in [2.75, 3.05) is 18.5 Å². The van der Waals surface area contributed by atoms with E-state index in [1.165, 1.54) is 22.5 Å². The van der Waals surface area contributed by atoms with Crippen LogP contribution in [0.5, 0.6) is 0 Å². The quantitative estimate of drug-likeness (QED) is 0.682. The standard InChI is InChI=1S/C20H22N2O5S/c1-2-26-19(25)10-16-12-28-20(21-16)22-17(23)11-27-18(24)9-13-6-7-14-4-3-5-15(14)8-13/h6-8,12H,2-5,9-11H2,1H3,(H,21,22,23). The summed E-state index contributed by atoms with van der Waals surface area (Å²) in [7, 11) is 0. The van der Waals surface area contributed by atoms with Crippen molar-refractivity contribution in [3.05, 3.63) is 46.0 Å².